The van der Waals surface area contributed by atoms with Gasteiger partial charge in [-0.3, -0.25) is 4.79 Å². The van der Waals surface area contributed by atoms with Gasteiger partial charge in [0, 0.05) is 13.0 Å². The van der Waals surface area contributed by atoms with Gasteiger partial charge in [0.1, 0.15) is 0 Å². The number of hydrogen-bond donors (Lipinski definition) is 2. The van der Waals surface area contributed by atoms with Crippen LogP contribution < -0.4 is 5.32 Å². The molecule has 3 heteroatoms. The van der Waals surface area contributed by atoms with E-state index in [-0.39, 0.29) is 5.91 Å². The second kappa shape index (κ2) is 5.65. The van der Waals surface area contributed by atoms with Crippen molar-refractivity contribution < 1.29 is 4.79 Å². The maximum atomic E-state index is 11.1. The molecule has 0 saturated carbocycles. The Balaban J connectivity index is 2.31. The van der Waals surface area contributed by atoms with Crippen molar-refractivity contribution >= 4 is 18.5 Å². The molecule has 1 aromatic carbocycles. The number of benzene rings is 1. The highest BCUT2D eigenvalue weighted by Crippen LogP contribution is 1.97. The minimum Gasteiger partial charge on any atom is -0.352 e. The Labute approximate surface area is 83.8 Å². The van der Waals surface area contributed by atoms with Crippen molar-refractivity contribution in [3.8, 4) is 0 Å². The van der Waals surface area contributed by atoms with Gasteiger partial charge in [0.15, 0.2) is 0 Å². The van der Waals surface area contributed by atoms with Crippen LogP contribution in [0.5, 0.6) is 0 Å². The van der Waals surface area contributed by atoms with Crippen LogP contribution in [0.2, 0.25) is 0 Å². The molecule has 0 aliphatic heterocycles. The van der Waals surface area contributed by atoms with Crippen molar-refractivity contribution in [1.29, 1.82) is 0 Å². The number of amides is 1. The van der Waals surface area contributed by atoms with Crippen molar-refractivity contribution in [3.05, 3.63) is 35.9 Å². The molecule has 0 bridgehead atoms. The quantitative estimate of drug-likeness (QED) is 0.702. The van der Waals surface area contributed by atoms with Gasteiger partial charge in [0.05, 0.1) is 0 Å². The molecular formula is C10H13NOS. The van der Waals surface area contributed by atoms with E-state index >= 15 is 0 Å². The van der Waals surface area contributed by atoms with Gasteiger partial charge in [-0.2, -0.15) is 12.6 Å². The average Bonchev–Trinajstić information content (AvgIpc) is 2.17. The van der Waals surface area contributed by atoms with Crippen LogP contribution >= 0.6 is 12.6 Å². The maximum absolute atomic E-state index is 11.1. The third-order valence-corrected chi connectivity index (χ3v) is 1.89. The minimum atomic E-state index is 0.0545. The van der Waals surface area contributed by atoms with Gasteiger partial charge in [0.2, 0.25) is 5.91 Å². The van der Waals surface area contributed by atoms with Gasteiger partial charge in [-0.15, -0.1) is 0 Å². The Bertz CT molecular complexity index is 261. The van der Waals surface area contributed by atoms with Crippen molar-refractivity contribution in [2.24, 2.45) is 0 Å². The zero-order chi connectivity index (χ0) is 9.52. The molecule has 1 aromatic rings. The van der Waals surface area contributed by atoms with Crippen LogP contribution in [0.3, 0.4) is 0 Å². The Kier molecular flexibility index (Phi) is 4.40. The second-order valence-corrected chi connectivity index (χ2v) is 3.18. The second-order valence-electron chi connectivity index (χ2n) is 2.74. The monoisotopic (exact) mass is 195 g/mol. The predicted octanol–water partition coefficient (Wildman–Crippen LogP) is 1.62. The first-order valence-corrected chi connectivity index (χ1v) is 4.87. The largest absolute Gasteiger partial charge is 0.352 e. The average molecular weight is 195 g/mol. The number of rotatable bonds is 4. The van der Waals surface area contributed by atoms with Crippen LogP contribution in [-0.2, 0) is 11.3 Å². The van der Waals surface area contributed by atoms with Gasteiger partial charge in [0.25, 0.3) is 0 Å². The highest BCUT2D eigenvalue weighted by Gasteiger charge is 1.97. The summed E-state index contributed by atoms with van der Waals surface area (Å²) in [6.07, 6.45) is 0.482. The Morgan fingerprint density at radius 3 is 2.62 bits per heavy atom. The number of carbonyl (C=O) groups is 1. The van der Waals surface area contributed by atoms with Crippen molar-refractivity contribution in [2.75, 3.05) is 5.75 Å². The lowest BCUT2D eigenvalue weighted by Gasteiger charge is -2.03. The first-order chi connectivity index (χ1) is 6.33. The summed E-state index contributed by atoms with van der Waals surface area (Å²) < 4.78 is 0. The van der Waals surface area contributed by atoms with Gasteiger partial charge in [-0.25, -0.2) is 0 Å². The molecule has 0 unspecified atom stereocenters. The fraction of sp³-hybridized carbons (Fsp3) is 0.300. The lowest BCUT2D eigenvalue weighted by Crippen LogP contribution is -2.22. The molecule has 0 aliphatic carbocycles. The molecule has 0 atom stereocenters. The number of thiol groups is 1. The fourth-order valence-corrected chi connectivity index (χ4v) is 1.19. The van der Waals surface area contributed by atoms with Crippen LogP contribution in [0.1, 0.15) is 12.0 Å². The smallest absolute Gasteiger partial charge is 0.221 e. The highest BCUT2D eigenvalue weighted by atomic mass is 32.1. The van der Waals surface area contributed by atoms with Crippen LogP contribution in [0, 0.1) is 0 Å². The molecule has 2 nitrogen and oxygen atoms in total. The maximum Gasteiger partial charge on any atom is 0.221 e. The molecule has 13 heavy (non-hydrogen) atoms. The summed E-state index contributed by atoms with van der Waals surface area (Å²) in [5.74, 6) is 0.652. The van der Waals surface area contributed by atoms with E-state index < -0.39 is 0 Å². The molecule has 0 saturated heterocycles. The van der Waals surface area contributed by atoms with Crippen molar-refractivity contribution in [1.82, 2.24) is 5.32 Å². The summed E-state index contributed by atoms with van der Waals surface area (Å²) in [5, 5.41) is 2.81. The van der Waals surface area contributed by atoms with E-state index in [0.29, 0.717) is 18.7 Å². The van der Waals surface area contributed by atoms with Gasteiger partial charge in [-0.05, 0) is 11.3 Å². The standard InChI is InChI=1S/C10H13NOS/c12-10(6-7-13)11-8-9-4-2-1-3-5-9/h1-5,13H,6-8H2,(H,11,12). The van der Waals surface area contributed by atoms with E-state index in [4.69, 9.17) is 0 Å². The van der Waals surface area contributed by atoms with E-state index in [1.807, 2.05) is 30.3 Å². The van der Waals surface area contributed by atoms with E-state index in [1.54, 1.807) is 0 Å². The van der Waals surface area contributed by atoms with Gasteiger partial charge < -0.3 is 5.32 Å². The molecule has 0 fully saturated rings. The van der Waals surface area contributed by atoms with Crippen molar-refractivity contribution in [3.63, 3.8) is 0 Å². The summed E-state index contributed by atoms with van der Waals surface area (Å²) in [4.78, 5) is 11.1. The zero-order valence-corrected chi connectivity index (χ0v) is 8.26. The molecule has 1 N–H and O–H groups in total. The number of hydrogen-bond acceptors (Lipinski definition) is 2. The molecular weight excluding hydrogens is 182 g/mol. The topological polar surface area (TPSA) is 29.1 Å². The van der Waals surface area contributed by atoms with Crippen LogP contribution in [0.4, 0.5) is 0 Å². The number of nitrogens with one attached hydrogen (secondary N) is 1. The summed E-state index contributed by atoms with van der Waals surface area (Å²) in [5.41, 5.74) is 1.12. The lowest BCUT2D eigenvalue weighted by molar-refractivity contribution is -0.120. The lowest BCUT2D eigenvalue weighted by atomic mass is 10.2. The van der Waals surface area contributed by atoms with E-state index in [1.165, 1.54) is 0 Å². The Morgan fingerprint density at radius 2 is 2.00 bits per heavy atom. The van der Waals surface area contributed by atoms with E-state index in [2.05, 4.69) is 17.9 Å². The Hall–Kier alpha value is -0.960. The SMILES string of the molecule is O=C(CCS)NCc1ccccc1. The molecule has 0 aromatic heterocycles. The van der Waals surface area contributed by atoms with Crippen LogP contribution in [-0.4, -0.2) is 11.7 Å². The first kappa shape index (κ1) is 10.1. The first-order valence-electron chi connectivity index (χ1n) is 4.24. The third-order valence-electron chi connectivity index (χ3n) is 1.67. The minimum absolute atomic E-state index is 0.0545. The molecule has 1 rings (SSSR count). The highest BCUT2D eigenvalue weighted by molar-refractivity contribution is 7.80. The van der Waals surface area contributed by atoms with Gasteiger partial charge >= 0.3 is 0 Å². The van der Waals surface area contributed by atoms with Crippen LogP contribution in [0.25, 0.3) is 0 Å². The summed E-state index contributed by atoms with van der Waals surface area (Å²) in [7, 11) is 0. The number of carbonyl (C=O) groups excluding carboxylic acids is 1. The fourth-order valence-electron chi connectivity index (χ4n) is 0.986. The van der Waals surface area contributed by atoms with E-state index in [9.17, 15) is 4.79 Å². The van der Waals surface area contributed by atoms with Crippen LogP contribution in [0.15, 0.2) is 30.3 Å². The molecule has 0 spiro atoms. The molecule has 0 aliphatic rings. The third kappa shape index (κ3) is 3.99. The Morgan fingerprint density at radius 1 is 1.31 bits per heavy atom. The molecule has 1 amide bonds. The summed E-state index contributed by atoms with van der Waals surface area (Å²) >= 11 is 3.98. The molecule has 70 valence electrons. The van der Waals surface area contributed by atoms with Gasteiger partial charge in [-0.1, -0.05) is 30.3 Å². The molecule has 0 heterocycles. The zero-order valence-electron chi connectivity index (χ0n) is 7.36. The normalized spacial score (nSPS) is 9.62. The summed E-state index contributed by atoms with van der Waals surface area (Å²) in [6.45, 7) is 0.605. The summed E-state index contributed by atoms with van der Waals surface area (Å²) in [6, 6.07) is 9.85. The van der Waals surface area contributed by atoms with E-state index in [0.717, 1.165) is 5.56 Å². The predicted molar refractivity (Wildman–Crippen MR) is 56.8 cm³/mol. The molecule has 0 radical (unpaired) electrons. The van der Waals surface area contributed by atoms with Crippen molar-refractivity contribution in [2.45, 2.75) is 13.0 Å².